The monoisotopic (exact) mass is 871 g/mol. The molecule has 0 unspecified atom stereocenters. The fraction of sp³-hybridized carbons (Fsp3) is 0.562. The Balaban J connectivity index is 1.12. The molecule has 3 N–H and O–H groups in total. The van der Waals surface area contributed by atoms with Gasteiger partial charge in [0.25, 0.3) is 5.91 Å². The fourth-order valence-corrected chi connectivity index (χ4v) is 11.1. The van der Waals surface area contributed by atoms with Crippen molar-refractivity contribution in [3.63, 3.8) is 0 Å². The van der Waals surface area contributed by atoms with Crippen LogP contribution >= 0.6 is 11.3 Å². The average Bonchev–Trinajstić information content (AvgIpc) is 3.71. The number of aromatic amines is 1. The molecular formula is C48H67N4O7SSi+. The van der Waals surface area contributed by atoms with Gasteiger partial charge in [-0.3, -0.25) is 14.5 Å². The number of piperidine rings is 1. The third-order valence-electron chi connectivity index (χ3n) is 12.8. The molecule has 0 bridgehead atoms. The van der Waals surface area contributed by atoms with Crippen molar-refractivity contribution in [1.29, 1.82) is 0 Å². The first-order chi connectivity index (χ1) is 28.7. The second-order valence-electron chi connectivity index (χ2n) is 19.4. The van der Waals surface area contributed by atoms with E-state index in [2.05, 4.69) is 75.3 Å². The number of nitrogens with zero attached hydrogens (tertiary/aromatic N) is 3. The Morgan fingerprint density at radius 1 is 1.02 bits per heavy atom. The number of nitrogens with one attached hydrogen (secondary N) is 1. The first-order valence-electron chi connectivity index (χ1n) is 21.9. The van der Waals surface area contributed by atoms with Crippen LogP contribution in [0, 0.1) is 0 Å². The van der Waals surface area contributed by atoms with Crippen LogP contribution in [0.1, 0.15) is 119 Å². The van der Waals surface area contributed by atoms with Crippen LogP contribution in [0.2, 0.25) is 17.6 Å². The molecule has 4 aromatic rings. The van der Waals surface area contributed by atoms with Crippen LogP contribution < -0.4 is 5.56 Å². The van der Waals surface area contributed by atoms with Crippen molar-refractivity contribution in [2.45, 2.75) is 135 Å². The number of likely N-dealkylation sites (tertiary alicyclic amines) is 1. The third-order valence-corrected chi connectivity index (χ3v) is 17.6. The van der Waals surface area contributed by atoms with Crippen molar-refractivity contribution in [1.82, 2.24) is 19.7 Å². The quantitative estimate of drug-likeness (QED) is 0.107. The molecule has 0 radical (unpaired) electrons. The number of thiophene rings is 1. The van der Waals surface area contributed by atoms with E-state index in [1.165, 1.54) is 22.6 Å². The Labute approximate surface area is 367 Å². The molecule has 2 aliphatic heterocycles. The molecule has 2 fully saturated rings. The summed E-state index contributed by atoms with van der Waals surface area (Å²) in [5.74, 6) is 0.405. The number of phenolic OH excluding ortho intramolecular Hbond substituents is 1. The second-order valence-corrected chi connectivity index (χ2v) is 23.9. The molecule has 1 spiro atoms. The molecule has 6 rings (SSSR count). The number of aliphatic hydroxyl groups excluding tert-OH is 1. The predicted molar refractivity (Wildman–Crippen MR) is 246 cm³/mol. The number of benzene rings is 2. The number of hydrogen-bond acceptors (Lipinski definition) is 9. The number of fused-ring (bicyclic) bond motifs is 1. The lowest BCUT2D eigenvalue weighted by molar-refractivity contribution is -0.127. The first-order valence-corrected chi connectivity index (χ1v) is 25.0. The number of pyridine rings is 1. The van der Waals surface area contributed by atoms with Crippen molar-refractivity contribution < 1.29 is 29.3 Å². The minimum Gasteiger partial charge on any atom is -0.506 e. The van der Waals surface area contributed by atoms with E-state index in [1.807, 2.05) is 37.1 Å². The number of H-pyrrole nitrogens is 1. The van der Waals surface area contributed by atoms with E-state index in [9.17, 15) is 24.6 Å². The Morgan fingerprint density at radius 3 is 2.43 bits per heavy atom. The molecule has 0 aliphatic carbocycles. The molecule has 11 nitrogen and oxygen atoms in total. The minimum atomic E-state index is -1.13. The highest BCUT2D eigenvalue weighted by molar-refractivity contribution is 7.10. The number of aliphatic hydroxyl groups is 1. The maximum absolute atomic E-state index is 14.2. The normalized spacial score (nSPS) is 17.1. The summed E-state index contributed by atoms with van der Waals surface area (Å²) in [6.45, 7) is 23.6. The van der Waals surface area contributed by atoms with Crippen molar-refractivity contribution in [2.24, 2.45) is 0 Å². The van der Waals surface area contributed by atoms with Crippen LogP contribution in [0.3, 0.4) is 0 Å². The summed E-state index contributed by atoms with van der Waals surface area (Å²) in [5, 5.41) is 25.0. The molecule has 330 valence electrons. The van der Waals surface area contributed by atoms with Crippen LogP contribution in [-0.4, -0.2) is 107 Å². The van der Waals surface area contributed by atoms with Gasteiger partial charge in [-0.15, -0.1) is 11.3 Å². The molecule has 2 aliphatic rings. The van der Waals surface area contributed by atoms with Gasteiger partial charge in [0.15, 0.2) is 0 Å². The van der Waals surface area contributed by atoms with Crippen LogP contribution in [0.25, 0.3) is 10.9 Å². The lowest BCUT2D eigenvalue weighted by Crippen LogP contribution is -2.57. The molecule has 2 aromatic heterocycles. The van der Waals surface area contributed by atoms with Gasteiger partial charge in [-0.05, 0) is 102 Å². The largest absolute Gasteiger partial charge is 0.506 e. The van der Waals surface area contributed by atoms with Gasteiger partial charge in [0.05, 0.1) is 60.1 Å². The van der Waals surface area contributed by atoms with Gasteiger partial charge in [0.2, 0.25) is 5.56 Å². The van der Waals surface area contributed by atoms with Crippen molar-refractivity contribution in [3.05, 3.63) is 97.5 Å². The summed E-state index contributed by atoms with van der Waals surface area (Å²) in [6.07, 6.45) is 1.36. The summed E-state index contributed by atoms with van der Waals surface area (Å²) in [7, 11) is -0.684. The Bertz CT molecular complexity index is 2210. The Morgan fingerprint density at radius 2 is 1.74 bits per heavy atom. The zero-order chi connectivity index (χ0) is 44.3. The maximum atomic E-state index is 14.2. The van der Waals surface area contributed by atoms with Gasteiger partial charge >= 0.3 is 14.9 Å². The van der Waals surface area contributed by atoms with Crippen LogP contribution in [-0.2, 0) is 22.4 Å². The number of carbonyl (C=O) groups is 2. The van der Waals surface area contributed by atoms with E-state index in [0.717, 1.165) is 56.1 Å². The number of aromatic hydroxyl groups is 1. The predicted octanol–water partition coefficient (Wildman–Crippen LogP) is 9.12. The summed E-state index contributed by atoms with van der Waals surface area (Å²) in [6, 6.07) is 17.2. The van der Waals surface area contributed by atoms with E-state index < -0.39 is 26.6 Å². The fourth-order valence-electron chi connectivity index (χ4n) is 8.43. The number of aromatic nitrogens is 1. The summed E-state index contributed by atoms with van der Waals surface area (Å²) >= 11 is 1.66. The van der Waals surface area contributed by atoms with Crippen LogP contribution in [0.4, 0.5) is 4.79 Å². The van der Waals surface area contributed by atoms with Crippen LogP contribution in [0.5, 0.6) is 5.75 Å². The second kappa shape index (κ2) is 19.2. The lowest BCUT2D eigenvalue weighted by Gasteiger charge is -2.47. The molecule has 13 heteroatoms. The maximum Gasteiger partial charge on any atom is 0.410 e. The molecular weight excluding hydrogens is 805 g/mol. The molecule has 2 atom stereocenters. The highest BCUT2D eigenvalue weighted by Crippen LogP contribution is 2.35. The molecule has 2 aromatic carbocycles. The number of rotatable bonds is 14. The van der Waals surface area contributed by atoms with E-state index >= 15 is 0 Å². The SMILES string of the molecule is CC(C)c1cc(C(=O)N2CCOC3(CCN(Cc4cccc(C[C@@H](C)N(C[C@H](O)c5ccc(O)c6[nH]c(=O)ccc56)C(=O)OC(C)(C)CC[Si+](C)C(C)(C)C)c4)CC3)C2)cs1. The summed E-state index contributed by atoms with van der Waals surface area (Å²) < 4.78 is 12.7. The highest BCUT2D eigenvalue weighted by Gasteiger charge is 2.42. The van der Waals surface area contributed by atoms with Crippen molar-refractivity contribution in [3.8, 4) is 5.75 Å². The van der Waals surface area contributed by atoms with E-state index in [-0.39, 0.29) is 46.0 Å². The third kappa shape index (κ3) is 11.7. The van der Waals surface area contributed by atoms with Crippen LogP contribution in [0.15, 0.2) is 64.8 Å². The van der Waals surface area contributed by atoms with Gasteiger partial charge in [-0.2, -0.15) is 0 Å². The highest BCUT2D eigenvalue weighted by atomic mass is 32.1. The van der Waals surface area contributed by atoms with Gasteiger partial charge < -0.3 is 34.5 Å². The standard InChI is InChI=1S/C48H66N4O7SSi/c1-32(2)41-27-36(30-60-41)44(56)51-22-23-58-48(31-51)17-20-50(21-18-48)28-35-12-10-11-34(26-35)25-33(3)52(45(57)59-47(7,8)19-24-61(9)46(4,5)6)29-40(54)37-13-15-39(53)43-38(37)14-16-42(55)49-43/h10-16,26-27,30,32-33,40,54H,17-25,28-29,31H2,1-9H3,(H-,49,53,55)/p+1/t33-,40+/m1/s1. The zero-order valence-corrected chi connectivity index (χ0v) is 39.5. The average molecular weight is 872 g/mol. The van der Waals surface area contributed by atoms with Gasteiger partial charge in [0.1, 0.15) is 11.4 Å². The number of hydrogen-bond donors (Lipinski definition) is 3. The number of carbonyl (C=O) groups excluding carboxylic acids is 2. The number of phenols is 1. The first kappa shape index (κ1) is 46.5. The molecule has 2 saturated heterocycles. The smallest absolute Gasteiger partial charge is 0.410 e. The van der Waals surface area contributed by atoms with Crippen molar-refractivity contribution >= 4 is 43.0 Å². The zero-order valence-electron chi connectivity index (χ0n) is 37.7. The molecule has 4 heterocycles. The summed E-state index contributed by atoms with van der Waals surface area (Å²) in [4.78, 5) is 49.8. The number of ether oxygens (including phenoxy) is 2. The molecule has 0 saturated carbocycles. The topological polar surface area (TPSA) is 136 Å². The number of amides is 2. The van der Waals surface area contributed by atoms with Crippen molar-refractivity contribution in [2.75, 3.05) is 39.3 Å². The Kier molecular flexibility index (Phi) is 14.6. The van der Waals surface area contributed by atoms with E-state index in [1.54, 1.807) is 28.4 Å². The molecule has 61 heavy (non-hydrogen) atoms. The van der Waals surface area contributed by atoms with Gasteiger partial charge in [0, 0.05) is 60.4 Å². The number of morpholine rings is 1. The lowest BCUT2D eigenvalue weighted by atomic mass is 9.89. The Hall–Kier alpha value is -4.01. The van der Waals surface area contributed by atoms with Gasteiger partial charge in [-0.25, -0.2) is 4.79 Å². The minimum absolute atomic E-state index is 0.0492. The summed E-state index contributed by atoms with van der Waals surface area (Å²) in [5.41, 5.74) is 2.35. The molecule has 2 amide bonds. The van der Waals surface area contributed by atoms with Gasteiger partial charge in [-0.1, -0.05) is 44.2 Å². The van der Waals surface area contributed by atoms with E-state index in [0.29, 0.717) is 43.0 Å². The van der Waals surface area contributed by atoms with E-state index in [4.69, 9.17) is 9.47 Å².